The third-order valence-corrected chi connectivity index (χ3v) is 3.32. The second kappa shape index (κ2) is 7.51. The van der Waals surface area contributed by atoms with Crippen LogP contribution in [-0.2, 0) is 0 Å². The highest BCUT2D eigenvalue weighted by atomic mass is 19.1. The van der Waals surface area contributed by atoms with Crippen molar-refractivity contribution in [2.24, 2.45) is 0 Å². The fourth-order valence-corrected chi connectivity index (χ4v) is 2.03. The lowest BCUT2D eigenvalue weighted by atomic mass is 10.1. The van der Waals surface area contributed by atoms with E-state index in [9.17, 15) is 18.4 Å². The fourth-order valence-electron chi connectivity index (χ4n) is 2.03. The van der Waals surface area contributed by atoms with E-state index in [0.29, 0.717) is 5.56 Å². The van der Waals surface area contributed by atoms with Crippen LogP contribution in [-0.4, -0.2) is 17.1 Å². The van der Waals surface area contributed by atoms with Crippen molar-refractivity contribution >= 4 is 17.6 Å². The van der Waals surface area contributed by atoms with Gasteiger partial charge in [-0.1, -0.05) is 18.2 Å². The van der Waals surface area contributed by atoms with Gasteiger partial charge in [0.2, 0.25) is 0 Å². The third kappa shape index (κ3) is 4.05. The first kappa shape index (κ1) is 17.4. The van der Waals surface area contributed by atoms with Crippen LogP contribution in [0.3, 0.4) is 0 Å². The van der Waals surface area contributed by atoms with Crippen LogP contribution in [0.5, 0.6) is 0 Å². The number of anilines is 1. The van der Waals surface area contributed by atoms with E-state index in [4.69, 9.17) is 5.21 Å². The van der Waals surface area contributed by atoms with Crippen molar-refractivity contribution in [2.75, 3.05) is 5.32 Å². The molecule has 2 rings (SSSR count). The fraction of sp³-hybridized carbons (Fsp3) is 0.125. The van der Waals surface area contributed by atoms with E-state index < -0.39 is 35.3 Å². The van der Waals surface area contributed by atoms with Crippen molar-refractivity contribution in [2.45, 2.75) is 13.0 Å². The molecule has 0 aliphatic rings. The molecular formula is C16H15F2N3O3. The molecular weight excluding hydrogens is 320 g/mol. The highest BCUT2D eigenvalue weighted by Gasteiger charge is 2.14. The Hall–Kier alpha value is -3.00. The standard InChI is InChI=1S/C16H15F2N3O3/c1-9(10-5-7-11(8-6-10)15(22)21-24)19-16(23)20-14-12(17)3-2-4-13(14)18/h2-9,24H,1H3,(H,21,22)(H2,19,20,23)/t9-/m1/s1. The second-order valence-corrected chi connectivity index (χ2v) is 4.98. The molecule has 0 saturated heterocycles. The Morgan fingerprint density at radius 1 is 1.04 bits per heavy atom. The number of carbonyl (C=O) groups is 2. The topological polar surface area (TPSA) is 90.5 Å². The highest BCUT2D eigenvalue weighted by Crippen LogP contribution is 2.19. The van der Waals surface area contributed by atoms with Gasteiger partial charge in [0.25, 0.3) is 5.91 Å². The average molecular weight is 335 g/mol. The maximum Gasteiger partial charge on any atom is 0.319 e. The molecule has 1 atom stereocenters. The predicted octanol–water partition coefficient (Wildman–Crippen LogP) is 2.97. The summed E-state index contributed by atoms with van der Waals surface area (Å²) in [7, 11) is 0. The van der Waals surface area contributed by atoms with Gasteiger partial charge in [-0.05, 0) is 36.8 Å². The highest BCUT2D eigenvalue weighted by molar-refractivity contribution is 5.93. The van der Waals surface area contributed by atoms with Crippen LogP contribution in [0.4, 0.5) is 19.3 Å². The molecule has 0 aliphatic carbocycles. The van der Waals surface area contributed by atoms with Crippen LogP contribution >= 0.6 is 0 Å². The summed E-state index contributed by atoms with van der Waals surface area (Å²) in [6.07, 6.45) is 0. The minimum absolute atomic E-state index is 0.242. The Kier molecular flexibility index (Phi) is 5.43. The van der Waals surface area contributed by atoms with Gasteiger partial charge in [0, 0.05) is 5.56 Å². The summed E-state index contributed by atoms with van der Waals surface area (Å²) in [5.74, 6) is -2.41. The average Bonchev–Trinajstić information content (AvgIpc) is 2.57. The van der Waals surface area contributed by atoms with Gasteiger partial charge in [0.1, 0.15) is 17.3 Å². The van der Waals surface area contributed by atoms with Gasteiger partial charge in [-0.2, -0.15) is 0 Å². The van der Waals surface area contributed by atoms with Crippen LogP contribution in [0.25, 0.3) is 0 Å². The van der Waals surface area contributed by atoms with Gasteiger partial charge in [0.05, 0.1) is 6.04 Å². The third-order valence-electron chi connectivity index (χ3n) is 3.32. The number of hydroxylamine groups is 1. The predicted molar refractivity (Wildman–Crippen MR) is 82.6 cm³/mol. The Bertz CT molecular complexity index is 730. The van der Waals surface area contributed by atoms with Crippen LogP contribution in [0.2, 0.25) is 0 Å². The number of carbonyl (C=O) groups excluding carboxylic acids is 2. The molecule has 0 aliphatic heterocycles. The molecule has 24 heavy (non-hydrogen) atoms. The van der Waals surface area contributed by atoms with Gasteiger partial charge in [-0.25, -0.2) is 19.1 Å². The van der Waals surface area contributed by atoms with Gasteiger partial charge in [0.15, 0.2) is 0 Å². The minimum atomic E-state index is -0.878. The van der Waals surface area contributed by atoms with Crippen molar-refractivity contribution < 1.29 is 23.6 Å². The molecule has 0 aromatic heterocycles. The lowest BCUT2D eigenvalue weighted by molar-refractivity contribution is 0.0706. The van der Waals surface area contributed by atoms with Gasteiger partial charge in [-0.15, -0.1) is 0 Å². The number of hydrogen-bond acceptors (Lipinski definition) is 3. The maximum absolute atomic E-state index is 13.5. The molecule has 2 aromatic carbocycles. The monoisotopic (exact) mass is 335 g/mol. The Morgan fingerprint density at radius 3 is 2.17 bits per heavy atom. The van der Waals surface area contributed by atoms with Gasteiger partial charge in [-0.3, -0.25) is 10.0 Å². The van der Waals surface area contributed by atoms with E-state index in [1.807, 2.05) is 0 Å². The lowest BCUT2D eigenvalue weighted by Crippen LogP contribution is -2.31. The molecule has 0 radical (unpaired) electrons. The zero-order valence-corrected chi connectivity index (χ0v) is 12.6. The van der Waals surface area contributed by atoms with Crippen molar-refractivity contribution in [3.05, 3.63) is 65.2 Å². The SMILES string of the molecule is C[C@@H](NC(=O)Nc1c(F)cccc1F)c1ccc(C(=O)NO)cc1. The van der Waals surface area contributed by atoms with Gasteiger partial charge < -0.3 is 10.6 Å². The van der Waals surface area contributed by atoms with Gasteiger partial charge >= 0.3 is 6.03 Å². The Labute approximate surface area is 136 Å². The van der Waals surface area contributed by atoms with E-state index in [0.717, 1.165) is 12.1 Å². The number of urea groups is 1. The first-order valence-corrected chi connectivity index (χ1v) is 6.98. The number of benzene rings is 2. The molecule has 6 nitrogen and oxygen atoms in total. The molecule has 4 N–H and O–H groups in total. The van der Waals surface area contributed by atoms with E-state index in [1.165, 1.54) is 23.7 Å². The van der Waals surface area contributed by atoms with Crippen molar-refractivity contribution in [3.8, 4) is 0 Å². The van der Waals surface area contributed by atoms with Crippen LogP contribution in [0, 0.1) is 11.6 Å². The molecule has 0 fully saturated rings. The normalized spacial score (nSPS) is 11.5. The number of halogens is 2. The summed E-state index contributed by atoms with van der Waals surface area (Å²) >= 11 is 0. The van der Waals surface area contributed by atoms with Crippen molar-refractivity contribution in [1.82, 2.24) is 10.8 Å². The van der Waals surface area contributed by atoms with Crippen molar-refractivity contribution in [3.63, 3.8) is 0 Å². The molecule has 3 amide bonds. The summed E-state index contributed by atoms with van der Waals surface area (Å²) in [6.45, 7) is 1.67. The lowest BCUT2D eigenvalue weighted by Gasteiger charge is -2.16. The largest absolute Gasteiger partial charge is 0.331 e. The van der Waals surface area contributed by atoms with Crippen LogP contribution < -0.4 is 16.1 Å². The molecule has 0 heterocycles. The van der Waals surface area contributed by atoms with E-state index in [-0.39, 0.29) is 5.56 Å². The van der Waals surface area contributed by atoms with E-state index in [2.05, 4.69) is 10.6 Å². The molecule has 0 bridgehead atoms. The first-order valence-electron chi connectivity index (χ1n) is 6.98. The number of amides is 3. The zero-order chi connectivity index (χ0) is 17.7. The summed E-state index contributed by atoms with van der Waals surface area (Å²) in [5, 5.41) is 13.2. The van der Waals surface area contributed by atoms with E-state index >= 15 is 0 Å². The summed E-state index contributed by atoms with van der Waals surface area (Å²) in [5.41, 5.74) is 1.88. The molecule has 8 heteroatoms. The van der Waals surface area contributed by atoms with Crippen LogP contribution in [0.15, 0.2) is 42.5 Å². The minimum Gasteiger partial charge on any atom is -0.331 e. The van der Waals surface area contributed by atoms with E-state index in [1.54, 1.807) is 19.1 Å². The summed E-state index contributed by atoms with van der Waals surface area (Å²) < 4.78 is 27.0. The molecule has 0 spiro atoms. The quantitative estimate of drug-likeness (QED) is 0.511. The molecule has 126 valence electrons. The zero-order valence-electron chi connectivity index (χ0n) is 12.6. The molecule has 2 aromatic rings. The Morgan fingerprint density at radius 2 is 1.62 bits per heavy atom. The summed E-state index contributed by atoms with van der Waals surface area (Å²) in [6, 6.07) is 8.11. The number of rotatable bonds is 4. The number of para-hydroxylation sites is 1. The molecule has 0 saturated carbocycles. The number of nitrogens with one attached hydrogen (secondary N) is 3. The Balaban J connectivity index is 2.02. The van der Waals surface area contributed by atoms with Crippen molar-refractivity contribution in [1.29, 1.82) is 0 Å². The second-order valence-electron chi connectivity index (χ2n) is 4.98. The number of hydrogen-bond donors (Lipinski definition) is 4. The summed E-state index contributed by atoms with van der Waals surface area (Å²) in [4.78, 5) is 23.1. The smallest absolute Gasteiger partial charge is 0.319 e. The maximum atomic E-state index is 13.5. The molecule has 0 unspecified atom stereocenters. The van der Waals surface area contributed by atoms with Crippen LogP contribution in [0.1, 0.15) is 28.9 Å². The first-order chi connectivity index (χ1) is 11.4.